The molecule has 1 aliphatic heterocycles. The van der Waals surface area contributed by atoms with Crippen molar-refractivity contribution in [2.45, 2.75) is 25.6 Å². The Morgan fingerprint density at radius 3 is 2.82 bits per heavy atom. The summed E-state index contributed by atoms with van der Waals surface area (Å²) in [5.41, 5.74) is 2.72. The molecule has 1 aromatic heterocycles. The highest BCUT2D eigenvalue weighted by Crippen LogP contribution is 2.36. The monoisotopic (exact) mass is 481 g/mol. The van der Waals surface area contributed by atoms with E-state index < -0.39 is 6.36 Å². The highest BCUT2D eigenvalue weighted by atomic mass is 32.1. The number of hydrogen-bond donors (Lipinski definition) is 3. The zero-order chi connectivity index (χ0) is 23.8. The van der Waals surface area contributed by atoms with E-state index in [1.807, 2.05) is 24.9 Å². The van der Waals surface area contributed by atoms with Crippen molar-refractivity contribution in [3.05, 3.63) is 42.0 Å². The maximum absolute atomic E-state index is 12.5. The minimum absolute atomic E-state index is 0.123. The van der Waals surface area contributed by atoms with Gasteiger partial charge in [0.15, 0.2) is 11.4 Å². The number of hydrogen-bond acceptors (Lipinski definition) is 8. The third-order valence-electron chi connectivity index (χ3n) is 4.97. The molecule has 1 aliphatic rings. The van der Waals surface area contributed by atoms with E-state index in [9.17, 15) is 18.0 Å². The lowest BCUT2D eigenvalue weighted by Gasteiger charge is -2.22. The number of thiazole rings is 1. The van der Waals surface area contributed by atoms with Crippen LogP contribution in [0.1, 0.15) is 17.3 Å². The summed E-state index contributed by atoms with van der Waals surface area (Å²) >= 11 is 1.21. The van der Waals surface area contributed by atoms with Gasteiger partial charge in [-0.15, -0.1) is 13.2 Å². The van der Waals surface area contributed by atoms with Crippen LogP contribution in [-0.4, -0.2) is 50.3 Å². The fourth-order valence-electron chi connectivity index (χ4n) is 3.50. The summed E-state index contributed by atoms with van der Waals surface area (Å²) in [6, 6.07) is 9.25. The summed E-state index contributed by atoms with van der Waals surface area (Å²) in [5.74, 6) is -0.495. The summed E-state index contributed by atoms with van der Waals surface area (Å²) < 4.78 is 47.0. The van der Waals surface area contributed by atoms with Crippen molar-refractivity contribution in [1.82, 2.24) is 10.3 Å². The van der Waals surface area contributed by atoms with Gasteiger partial charge in [-0.1, -0.05) is 11.3 Å². The van der Waals surface area contributed by atoms with Gasteiger partial charge in [0.2, 0.25) is 0 Å². The van der Waals surface area contributed by atoms with E-state index in [2.05, 4.69) is 25.7 Å². The summed E-state index contributed by atoms with van der Waals surface area (Å²) in [4.78, 5) is 18.9. The normalized spacial score (nSPS) is 16.3. The summed E-state index contributed by atoms with van der Waals surface area (Å²) in [6.45, 7) is 2.27. The van der Waals surface area contributed by atoms with Gasteiger partial charge in [-0.25, -0.2) is 4.98 Å². The number of anilines is 3. The largest absolute Gasteiger partial charge is 0.573 e. The number of aromatic nitrogens is 1. The number of carbonyl (C=O) groups is 1. The number of rotatable bonds is 7. The zero-order valence-electron chi connectivity index (χ0n) is 18.0. The van der Waals surface area contributed by atoms with Crippen LogP contribution in [0.5, 0.6) is 5.75 Å². The van der Waals surface area contributed by atoms with Crippen LogP contribution in [0.4, 0.5) is 29.7 Å². The Labute approximate surface area is 191 Å². The molecule has 2 aromatic carbocycles. The van der Waals surface area contributed by atoms with Crippen LogP contribution in [0.2, 0.25) is 0 Å². The third kappa shape index (κ3) is 5.22. The molecule has 0 saturated heterocycles. The molecule has 0 spiro atoms. The van der Waals surface area contributed by atoms with Gasteiger partial charge in [0.1, 0.15) is 5.75 Å². The van der Waals surface area contributed by atoms with E-state index >= 15 is 0 Å². The Hall–Kier alpha value is -3.25. The zero-order valence-corrected chi connectivity index (χ0v) is 18.8. The average Bonchev–Trinajstić information content (AvgIpc) is 3.26. The first-order chi connectivity index (χ1) is 15.6. The minimum atomic E-state index is -4.75. The molecule has 33 heavy (non-hydrogen) atoms. The highest BCUT2D eigenvalue weighted by molar-refractivity contribution is 7.22. The standard InChI is InChI=1S/C21H22F3N5O3S/c1-11(10-31-3)25-18(30)12-4-7-16-15(8-12)26-19(29(16)2)28-20-27-14-6-5-13(9-17(14)33-20)32-21(22,23)24/h4-9,11,19,26H,10H2,1-3H3,(H,25,30)(H,27,28). The lowest BCUT2D eigenvalue weighted by molar-refractivity contribution is -0.274. The number of amides is 1. The molecule has 0 bridgehead atoms. The van der Waals surface area contributed by atoms with E-state index in [-0.39, 0.29) is 24.0 Å². The molecule has 2 heterocycles. The number of nitrogens with one attached hydrogen (secondary N) is 3. The first kappa shape index (κ1) is 22.9. The Morgan fingerprint density at radius 1 is 1.30 bits per heavy atom. The Balaban J connectivity index is 1.46. The number of nitrogens with zero attached hydrogens (tertiary/aromatic N) is 2. The first-order valence-corrected chi connectivity index (χ1v) is 10.8. The lowest BCUT2D eigenvalue weighted by atomic mass is 10.1. The van der Waals surface area contributed by atoms with Crippen LogP contribution in [0.25, 0.3) is 10.2 Å². The molecule has 0 fully saturated rings. The average molecular weight is 482 g/mol. The number of halogens is 3. The summed E-state index contributed by atoms with van der Waals surface area (Å²) in [5, 5.41) is 9.93. The van der Waals surface area contributed by atoms with Gasteiger partial charge in [-0.2, -0.15) is 0 Å². The molecule has 3 aromatic rings. The maximum atomic E-state index is 12.5. The molecule has 176 valence electrons. The Kier molecular flexibility index (Phi) is 6.21. The van der Waals surface area contributed by atoms with Crippen LogP contribution in [0, 0.1) is 0 Å². The molecule has 0 saturated carbocycles. The molecule has 3 N–H and O–H groups in total. The number of carbonyl (C=O) groups excluding carboxylic acids is 1. The van der Waals surface area contributed by atoms with Crippen molar-refractivity contribution < 1.29 is 27.4 Å². The quantitative estimate of drug-likeness (QED) is 0.466. The van der Waals surface area contributed by atoms with Gasteiger partial charge >= 0.3 is 6.36 Å². The summed E-state index contributed by atoms with van der Waals surface area (Å²) in [6.07, 6.45) is -5.11. The molecular weight excluding hydrogens is 459 g/mol. The van der Waals surface area contributed by atoms with Crippen LogP contribution >= 0.6 is 11.3 Å². The lowest BCUT2D eigenvalue weighted by Crippen LogP contribution is -2.39. The molecule has 1 amide bonds. The molecule has 2 atom stereocenters. The smallest absolute Gasteiger partial charge is 0.406 e. The van der Waals surface area contributed by atoms with Crippen molar-refractivity contribution in [1.29, 1.82) is 0 Å². The fraction of sp³-hybridized carbons (Fsp3) is 0.333. The second-order valence-electron chi connectivity index (χ2n) is 7.56. The predicted molar refractivity (Wildman–Crippen MR) is 121 cm³/mol. The van der Waals surface area contributed by atoms with E-state index in [1.165, 1.54) is 29.5 Å². The molecule has 2 unspecified atom stereocenters. The van der Waals surface area contributed by atoms with Crippen molar-refractivity contribution in [2.75, 3.05) is 36.3 Å². The highest BCUT2D eigenvalue weighted by Gasteiger charge is 2.31. The minimum Gasteiger partial charge on any atom is -0.406 e. The van der Waals surface area contributed by atoms with E-state index in [4.69, 9.17) is 4.74 Å². The maximum Gasteiger partial charge on any atom is 0.573 e. The topological polar surface area (TPSA) is 87.8 Å². The second-order valence-corrected chi connectivity index (χ2v) is 8.59. The molecule has 12 heteroatoms. The van der Waals surface area contributed by atoms with Crippen LogP contribution in [0.15, 0.2) is 36.4 Å². The molecule has 0 aliphatic carbocycles. The van der Waals surface area contributed by atoms with Crippen LogP contribution < -0.4 is 25.6 Å². The van der Waals surface area contributed by atoms with Crippen LogP contribution in [0.3, 0.4) is 0 Å². The van der Waals surface area contributed by atoms with Gasteiger partial charge in [0.05, 0.1) is 28.2 Å². The Bertz CT molecular complexity index is 1170. The predicted octanol–water partition coefficient (Wildman–Crippen LogP) is 4.22. The number of fused-ring (bicyclic) bond motifs is 2. The summed E-state index contributed by atoms with van der Waals surface area (Å²) in [7, 11) is 3.45. The van der Waals surface area contributed by atoms with E-state index in [0.29, 0.717) is 27.5 Å². The van der Waals surface area contributed by atoms with Gasteiger partial charge < -0.3 is 30.3 Å². The van der Waals surface area contributed by atoms with Gasteiger partial charge in [0, 0.05) is 31.8 Å². The van der Waals surface area contributed by atoms with E-state index in [0.717, 1.165) is 11.4 Å². The second kappa shape index (κ2) is 8.94. The number of methoxy groups -OCH3 is 1. The molecule has 8 nitrogen and oxygen atoms in total. The van der Waals surface area contributed by atoms with Crippen molar-refractivity contribution in [2.24, 2.45) is 0 Å². The SMILES string of the molecule is COCC(C)NC(=O)c1ccc2c(c1)NC(Nc1nc3ccc(OC(F)(F)F)cc3s1)N2C. The van der Waals surface area contributed by atoms with E-state index in [1.54, 1.807) is 19.2 Å². The Morgan fingerprint density at radius 2 is 2.09 bits per heavy atom. The first-order valence-electron chi connectivity index (χ1n) is 9.99. The third-order valence-corrected chi connectivity index (χ3v) is 5.92. The van der Waals surface area contributed by atoms with Gasteiger partial charge in [0.25, 0.3) is 5.91 Å². The van der Waals surface area contributed by atoms with Crippen molar-refractivity contribution >= 4 is 44.0 Å². The fourth-order valence-corrected chi connectivity index (χ4v) is 4.41. The number of ether oxygens (including phenoxy) is 2. The number of alkyl halides is 3. The number of benzene rings is 2. The molecular formula is C21H22F3N5O3S. The molecule has 0 radical (unpaired) electrons. The van der Waals surface area contributed by atoms with Crippen molar-refractivity contribution in [3.8, 4) is 5.75 Å². The molecule has 4 rings (SSSR count). The van der Waals surface area contributed by atoms with Gasteiger partial charge in [-0.05, 0) is 37.3 Å². The van der Waals surface area contributed by atoms with Crippen molar-refractivity contribution in [3.63, 3.8) is 0 Å². The van der Waals surface area contributed by atoms with Crippen LogP contribution in [-0.2, 0) is 4.74 Å². The van der Waals surface area contributed by atoms with Gasteiger partial charge in [-0.3, -0.25) is 4.79 Å².